The molecule has 1 aromatic carbocycles. The van der Waals surface area contributed by atoms with Crippen LogP contribution in [-0.2, 0) is 22.6 Å². The number of carbonyl (C=O) groups is 1. The SMILES string of the molecule is CCN(CC)CCc1ccc2c(n1)CO/C2=C1\C(=O)Nc2ccc(F)cc21. The summed E-state index contributed by atoms with van der Waals surface area (Å²) in [4.78, 5) is 19.5. The van der Waals surface area contributed by atoms with Crippen LogP contribution in [0.25, 0.3) is 11.3 Å². The lowest BCUT2D eigenvalue weighted by atomic mass is 10.0. The van der Waals surface area contributed by atoms with E-state index in [0.29, 0.717) is 29.2 Å². The number of likely N-dealkylation sites (N-methyl/N-ethyl adjacent to an activating group) is 1. The van der Waals surface area contributed by atoms with E-state index in [1.165, 1.54) is 12.1 Å². The third-order valence-electron chi connectivity index (χ3n) is 5.16. The monoisotopic (exact) mass is 367 g/mol. The normalized spacial score (nSPS) is 17.7. The molecule has 0 saturated carbocycles. The molecule has 0 radical (unpaired) electrons. The van der Waals surface area contributed by atoms with Gasteiger partial charge in [0.15, 0.2) is 0 Å². The average molecular weight is 367 g/mol. The van der Waals surface area contributed by atoms with Crippen LogP contribution in [0.5, 0.6) is 0 Å². The lowest BCUT2D eigenvalue weighted by molar-refractivity contribution is -0.110. The van der Waals surface area contributed by atoms with E-state index in [9.17, 15) is 9.18 Å². The zero-order valence-electron chi connectivity index (χ0n) is 15.5. The molecular weight excluding hydrogens is 345 g/mol. The molecule has 2 aliphatic heterocycles. The molecule has 5 nitrogen and oxygen atoms in total. The number of carbonyl (C=O) groups excluding carboxylic acids is 1. The summed E-state index contributed by atoms with van der Waals surface area (Å²) < 4.78 is 19.5. The quantitative estimate of drug-likeness (QED) is 0.823. The maximum Gasteiger partial charge on any atom is 0.260 e. The van der Waals surface area contributed by atoms with E-state index in [0.717, 1.165) is 43.0 Å². The Morgan fingerprint density at radius 3 is 2.78 bits per heavy atom. The molecule has 27 heavy (non-hydrogen) atoms. The maximum atomic E-state index is 13.7. The minimum absolute atomic E-state index is 0.274. The topological polar surface area (TPSA) is 54.5 Å². The largest absolute Gasteiger partial charge is 0.486 e. The van der Waals surface area contributed by atoms with Crippen LogP contribution in [0, 0.1) is 5.82 Å². The van der Waals surface area contributed by atoms with E-state index in [1.807, 2.05) is 12.1 Å². The van der Waals surface area contributed by atoms with Gasteiger partial charge >= 0.3 is 0 Å². The number of ether oxygens (including phenoxy) is 1. The van der Waals surface area contributed by atoms with Gasteiger partial charge in [-0.25, -0.2) is 4.39 Å². The molecule has 140 valence electrons. The van der Waals surface area contributed by atoms with Crippen molar-refractivity contribution in [3.8, 4) is 0 Å². The average Bonchev–Trinajstić information content (AvgIpc) is 3.21. The lowest BCUT2D eigenvalue weighted by Gasteiger charge is -2.17. The Morgan fingerprint density at radius 1 is 1.19 bits per heavy atom. The smallest absolute Gasteiger partial charge is 0.260 e. The van der Waals surface area contributed by atoms with E-state index < -0.39 is 0 Å². The van der Waals surface area contributed by atoms with Gasteiger partial charge in [0, 0.05) is 35.5 Å². The molecule has 0 unspecified atom stereocenters. The van der Waals surface area contributed by atoms with Crippen molar-refractivity contribution in [3.05, 3.63) is 58.7 Å². The van der Waals surface area contributed by atoms with Crippen molar-refractivity contribution >= 4 is 22.9 Å². The van der Waals surface area contributed by atoms with Gasteiger partial charge in [-0.05, 0) is 43.4 Å². The van der Waals surface area contributed by atoms with Crippen molar-refractivity contribution in [1.29, 1.82) is 0 Å². The number of hydrogen-bond donors (Lipinski definition) is 1. The summed E-state index contributed by atoms with van der Waals surface area (Å²) in [6.45, 7) is 7.63. The second kappa shape index (κ2) is 7.12. The van der Waals surface area contributed by atoms with Crippen LogP contribution in [-0.4, -0.2) is 35.4 Å². The molecule has 0 spiro atoms. The van der Waals surface area contributed by atoms with E-state index in [2.05, 4.69) is 24.1 Å². The minimum Gasteiger partial charge on any atom is -0.486 e. The summed E-state index contributed by atoms with van der Waals surface area (Å²) in [5.41, 5.74) is 4.16. The molecule has 2 aliphatic rings. The standard InChI is InChI=1S/C21H22FN3O2/c1-3-25(4-2)10-9-14-6-7-15-18(23-14)12-27-20(15)19-16-11-13(22)5-8-17(16)24-21(19)26/h5-8,11H,3-4,9-10,12H2,1-2H3,(H,24,26)/b20-19-. The van der Waals surface area contributed by atoms with Crippen LogP contribution in [0.3, 0.4) is 0 Å². The number of pyridine rings is 1. The molecule has 0 bridgehead atoms. The summed E-state index contributed by atoms with van der Waals surface area (Å²) in [7, 11) is 0. The summed E-state index contributed by atoms with van der Waals surface area (Å²) in [5, 5.41) is 2.77. The molecule has 1 N–H and O–H groups in total. The van der Waals surface area contributed by atoms with Gasteiger partial charge in [0.05, 0.1) is 11.3 Å². The summed E-state index contributed by atoms with van der Waals surface area (Å²) in [6, 6.07) is 8.21. The first-order chi connectivity index (χ1) is 13.1. The van der Waals surface area contributed by atoms with Gasteiger partial charge < -0.3 is 15.0 Å². The zero-order valence-corrected chi connectivity index (χ0v) is 15.5. The van der Waals surface area contributed by atoms with E-state index in [-0.39, 0.29) is 11.7 Å². The highest BCUT2D eigenvalue weighted by molar-refractivity contribution is 6.36. The fourth-order valence-corrected chi connectivity index (χ4v) is 3.61. The number of aromatic nitrogens is 1. The van der Waals surface area contributed by atoms with E-state index in [1.54, 1.807) is 6.07 Å². The van der Waals surface area contributed by atoms with Crippen molar-refractivity contribution in [2.45, 2.75) is 26.9 Å². The molecule has 6 heteroatoms. The van der Waals surface area contributed by atoms with Gasteiger partial charge in [-0.2, -0.15) is 0 Å². The molecule has 0 fully saturated rings. The third kappa shape index (κ3) is 3.21. The Hall–Kier alpha value is -2.73. The van der Waals surface area contributed by atoms with E-state index >= 15 is 0 Å². The van der Waals surface area contributed by atoms with Gasteiger partial charge in [0.2, 0.25) is 0 Å². The van der Waals surface area contributed by atoms with Crippen LogP contribution in [0.2, 0.25) is 0 Å². The van der Waals surface area contributed by atoms with Crippen LogP contribution >= 0.6 is 0 Å². The van der Waals surface area contributed by atoms with Crippen molar-refractivity contribution in [2.24, 2.45) is 0 Å². The van der Waals surface area contributed by atoms with Crippen molar-refractivity contribution in [3.63, 3.8) is 0 Å². The molecule has 0 aliphatic carbocycles. The summed E-state index contributed by atoms with van der Waals surface area (Å²) in [6.07, 6.45) is 0.870. The molecule has 4 rings (SSSR count). The van der Waals surface area contributed by atoms with Crippen molar-refractivity contribution in [1.82, 2.24) is 9.88 Å². The van der Waals surface area contributed by atoms with Gasteiger partial charge in [0.25, 0.3) is 5.91 Å². The fourth-order valence-electron chi connectivity index (χ4n) is 3.61. The number of amides is 1. The summed E-state index contributed by atoms with van der Waals surface area (Å²) in [5.74, 6) is -0.176. The van der Waals surface area contributed by atoms with Gasteiger partial charge in [-0.1, -0.05) is 13.8 Å². The lowest BCUT2D eigenvalue weighted by Crippen LogP contribution is -2.25. The molecule has 1 aromatic heterocycles. The molecule has 2 aromatic rings. The van der Waals surface area contributed by atoms with Gasteiger partial charge in [-0.3, -0.25) is 9.78 Å². The molecule has 1 amide bonds. The van der Waals surface area contributed by atoms with Gasteiger partial charge in [0.1, 0.15) is 18.2 Å². The molecular formula is C21H22FN3O2. The predicted octanol–water partition coefficient (Wildman–Crippen LogP) is 3.46. The number of nitrogens with zero attached hydrogens (tertiary/aromatic N) is 2. The maximum absolute atomic E-state index is 13.7. The number of hydrogen-bond acceptors (Lipinski definition) is 4. The van der Waals surface area contributed by atoms with E-state index in [4.69, 9.17) is 9.72 Å². The Balaban J connectivity index is 1.66. The Morgan fingerprint density at radius 2 is 2.00 bits per heavy atom. The zero-order chi connectivity index (χ0) is 19.0. The van der Waals surface area contributed by atoms with Crippen LogP contribution in [0.4, 0.5) is 10.1 Å². The highest BCUT2D eigenvalue weighted by Gasteiger charge is 2.33. The number of halogens is 1. The molecule has 0 saturated heterocycles. The first-order valence-electron chi connectivity index (χ1n) is 9.30. The third-order valence-corrected chi connectivity index (χ3v) is 5.16. The Labute approximate surface area is 157 Å². The first-order valence-corrected chi connectivity index (χ1v) is 9.30. The Kier molecular flexibility index (Phi) is 4.66. The second-order valence-corrected chi connectivity index (χ2v) is 6.71. The number of rotatable bonds is 5. The summed E-state index contributed by atoms with van der Waals surface area (Å²) >= 11 is 0. The van der Waals surface area contributed by atoms with Crippen LogP contribution in [0.15, 0.2) is 30.3 Å². The Bertz CT molecular complexity index is 935. The first kappa shape index (κ1) is 17.7. The number of anilines is 1. The predicted molar refractivity (Wildman–Crippen MR) is 102 cm³/mol. The highest BCUT2D eigenvalue weighted by Crippen LogP contribution is 2.41. The van der Waals surface area contributed by atoms with Crippen LogP contribution < -0.4 is 5.32 Å². The van der Waals surface area contributed by atoms with Gasteiger partial charge in [-0.15, -0.1) is 0 Å². The molecule has 3 heterocycles. The highest BCUT2D eigenvalue weighted by atomic mass is 19.1. The van der Waals surface area contributed by atoms with Crippen LogP contribution in [0.1, 0.15) is 36.4 Å². The number of fused-ring (bicyclic) bond motifs is 2. The minimum atomic E-state index is -0.383. The number of nitrogens with one attached hydrogen (secondary N) is 1. The fraction of sp³-hybridized carbons (Fsp3) is 0.333. The van der Waals surface area contributed by atoms with Crippen molar-refractivity contribution < 1.29 is 13.9 Å². The van der Waals surface area contributed by atoms with Crippen molar-refractivity contribution in [2.75, 3.05) is 25.0 Å². The second-order valence-electron chi connectivity index (χ2n) is 6.71. The number of benzene rings is 1. The molecule has 0 atom stereocenters.